The van der Waals surface area contributed by atoms with Gasteiger partial charge < -0.3 is 5.32 Å². The van der Waals surface area contributed by atoms with Crippen molar-refractivity contribution in [3.05, 3.63) is 12.2 Å². The molecule has 1 aliphatic rings. The van der Waals surface area contributed by atoms with Gasteiger partial charge in [-0.1, -0.05) is 6.92 Å². The molecule has 0 amide bonds. The molecule has 2 unspecified atom stereocenters. The molecule has 2 atom stereocenters. The van der Waals surface area contributed by atoms with Crippen molar-refractivity contribution in [2.45, 2.75) is 52.2 Å². The molecule has 0 spiro atoms. The van der Waals surface area contributed by atoms with Gasteiger partial charge in [-0.3, -0.25) is 0 Å². The molecule has 1 aromatic heterocycles. The van der Waals surface area contributed by atoms with Gasteiger partial charge in [-0.05, 0) is 32.1 Å². The van der Waals surface area contributed by atoms with E-state index in [4.69, 9.17) is 0 Å². The lowest BCUT2D eigenvalue weighted by molar-refractivity contribution is 0.478. The van der Waals surface area contributed by atoms with E-state index in [0.29, 0.717) is 6.04 Å². The van der Waals surface area contributed by atoms with Crippen LogP contribution < -0.4 is 5.32 Å². The number of nitrogens with one attached hydrogen (secondary N) is 1. The molecule has 15 heavy (non-hydrogen) atoms. The summed E-state index contributed by atoms with van der Waals surface area (Å²) < 4.78 is 1.95. The Kier molecular flexibility index (Phi) is 3.36. The summed E-state index contributed by atoms with van der Waals surface area (Å²) >= 11 is 0. The summed E-state index contributed by atoms with van der Waals surface area (Å²) in [5.41, 5.74) is 0. The van der Waals surface area contributed by atoms with Crippen molar-refractivity contribution in [1.82, 2.24) is 20.1 Å². The Morgan fingerprint density at radius 1 is 1.53 bits per heavy atom. The van der Waals surface area contributed by atoms with Crippen LogP contribution in [0.25, 0.3) is 0 Å². The maximum Gasteiger partial charge on any atom is 0.140 e. The first kappa shape index (κ1) is 10.6. The van der Waals surface area contributed by atoms with Gasteiger partial charge in [-0.25, -0.2) is 9.67 Å². The second-order valence-corrected chi connectivity index (χ2v) is 4.49. The number of hydrogen-bond donors (Lipinski definition) is 1. The zero-order valence-electron chi connectivity index (χ0n) is 9.61. The van der Waals surface area contributed by atoms with Gasteiger partial charge in [0.2, 0.25) is 0 Å². The molecular weight excluding hydrogens is 188 g/mol. The largest absolute Gasteiger partial charge is 0.307 e. The van der Waals surface area contributed by atoms with Gasteiger partial charge in [0, 0.05) is 12.6 Å². The van der Waals surface area contributed by atoms with Crippen molar-refractivity contribution < 1.29 is 0 Å². The molecule has 4 heteroatoms. The van der Waals surface area contributed by atoms with Crippen LogP contribution >= 0.6 is 0 Å². The van der Waals surface area contributed by atoms with Crippen LogP contribution in [0.4, 0.5) is 0 Å². The van der Waals surface area contributed by atoms with Crippen molar-refractivity contribution in [3.63, 3.8) is 0 Å². The van der Waals surface area contributed by atoms with Gasteiger partial charge in [0.05, 0.1) is 6.54 Å². The first-order chi connectivity index (χ1) is 7.29. The standard InChI is InChI=1S/C11H20N4/c1-3-15-11(13-8-14-15)7-12-10-5-4-9(2)6-10/h8-10,12H,3-7H2,1-2H3. The van der Waals surface area contributed by atoms with E-state index in [-0.39, 0.29) is 0 Å². The Hall–Kier alpha value is -0.900. The number of nitrogens with zero attached hydrogens (tertiary/aromatic N) is 3. The van der Waals surface area contributed by atoms with Crippen LogP contribution in [0.3, 0.4) is 0 Å². The highest BCUT2D eigenvalue weighted by Crippen LogP contribution is 2.24. The number of hydrogen-bond acceptors (Lipinski definition) is 3. The predicted molar refractivity (Wildman–Crippen MR) is 59.3 cm³/mol. The van der Waals surface area contributed by atoms with Crippen molar-refractivity contribution in [1.29, 1.82) is 0 Å². The smallest absolute Gasteiger partial charge is 0.140 e. The maximum atomic E-state index is 4.26. The lowest BCUT2D eigenvalue weighted by atomic mass is 10.1. The molecule has 1 heterocycles. The van der Waals surface area contributed by atoms with Crippen LogP contribution in [0.15, 0.2) is 6.33 Å². The molecule has 1 saturated carbocycles. The first-order valence-electron chi connectivity index (χ1n) is 5.89. The SMILES string of the molecule is CCn1ncnc1CNC1CCC(C)C1. The molecule has 1 aromatic rings. The van der Waals surface area contributed by atoms with Gasteiger partial charge in [0.1, 0.15) is 12.2 Å². The fourth-order valence-electron chi connectivity index (χ4n) is 2.32. The third kappa shape index (κ3) is 2.56. The van der Waals surface area contributed by atoms with Crippen LogP contribution in [0.5, 0.6) is 0 Å². The van der Waals surface area contributed by atoms with E-state index in [1.165, 1.54) is 19.3 Å². The second-order valence-electron chi connectivity index (χ2n) is 4.49. The van der Waals surface area contributed by atoms with Crippen LogP contribution in [0, 0.1) is 5.92 Å². The van der Waals surface area contributed by atoms with Gasteiger partial charge in [0.15, 0.2) is 0 Å². The molecule has 0 aliphatic heterocycles. The molecule has 0 bridgehead atoms. The summed E-state index contributed by atoms with van der Waals surface area (Å²) in [5.74, 6) is 1.93. The van der Waals surface area contributed by atoms with Gasteiger partial charge in [-0.15, -0.1) is 0 Å². The average Bonchev–Trinajstić information content (AvgIpc) is 2.83. The highest BCUT2D eigenvalue weighted by molar-refractivity contribution is 4.86. The van der Waals surface area contributed by atoms with Gasteiger partial charge >= 0.3 is 0 Å². The van der Waals surface area contributed by atoms with E-state index in [1.807, 2.05) is 4.68 Å². The summed E-state index contributed by atoms with van der Waals surface area (Å²) in [6.07, 6.45) is 5.61. The Bertz CT molecular complexity index is 307. The normalized spacial score (nSPS) is 26.0. The molecule has 1 aliphatic carbocycles. The minimum atomic E-state index is 0.682. The van der Waals surface area contributed by atoms with E-state index in [9.17, 15) is 0 Å². The van der Waals surface area contributed by atoms with Gasteiger partial charge in [0.25, 0.3) is 0 Å². The van der Waals surface area contributed by atoms with Crippen LogP contribution in [-0.2, 0) is 13.1 Å². The maximum absolute atomic E-state index is 4.26. The molecule has 4 nitrogen and oxygen atoms in total. The summed E-state index contributed by atoms with van der Waals surface area (Å²) in [5, 5.41) is 7.73. The minimum Gasteiger partial charge on any atom is -0.307 e. The quantitative estimate of drug-likeness (QED) is 0.817. The molecule has 84 valence electrons. The van der Waals surface area contributed by atoms with Crippen molar-refractivity contribution in [2.75, 3.05) is 0 Å². The topological polar surface area (TPSA) is 42.7 Å². The fourth-order valence-corrected chi connectivity index (χ4v) is 2.32. The van der Waals surface area contributed by atoms with E-state index < -0.39 is 0 Å². The first-order valence-corrected chi connectivity index (χ1v) is 5.89. The van der Waals surface area contributed by atoms with E-state index >= 15 is 0 Å². The predicted octanol–water partition coefficient (Wildman–Crippen LogP) is 1.58. The molecule has 1 fully saturated rings. The third-order valence-corrected chi connectivity index (χ3v) is 3.24. The molecule has 0 aromatic carbocycles. The van der Waals surface area contributed by atoms with Gasteiger partial charge in [-0.2, -0.15) is 5.10 Å². The summed E-state index contributed by atoms with van der Waals surface area (Å²) in [6, 6.07) is 0.682. The highest BCUT2D eigenvalue weighted by Gasteiger charge is 2.20. The lowest BCUT2D eigenvalue weighted by Crippen LogP contribution is -2.27. The number of aryl methyl sites for hydroxylation is 1. The van der Waals surface area contributed by atoms with E-state index in [2.05, 4.69) is 29.2 Å². The van der Waals surface area contributed by atoms with Crippen molar-refractivity contribution in [3.8, 4) is 0 Å². The molecular formula is C11H20N4. The Morgan fingerprint density at radius 3 is 3.07 bits per heavy atom. The Morgan fingerprint density at radius 2 is 2.40 bits per heavy atom. The third-order valence-electron chi connectivity index (χ3n) is 3.24. The fraction of sp³-hybridized carbons (Fsp3) is 0.818. The monoisotopic (exact) mass is 208 g/mol. The van der Waals surface area contributed by atoms with Crippen LogP contribution in [0.2, 0.25) is 0 Å². The van der Waals surface area contributed by atoms with Crippen LogP contribution in [-0.4, -0.2) is 20.8 Å². The molecule has 2 rings (SSSR count). The Balaban J connectivity index is 1.83. The average molecular weight is 208 g/mol. The number of aromatic nitrogens is 3. The van der Waals surface area contributed by atoms with E-state index in [0.717, 1.165) is 24.8 Å². The second kappa shape index (κ2) is 4.75. The van der Waals surface area contributed by atoms with Crippen LogP contribution in [0.1, 0.15) is 38.9 Å². The molecule has 0 saturated heterocycles. The van der Waals surface area contributed by atoms with Crippen molar-refractivity contribution in [2.24, 2.45) is 5.92 Å². The van der Waals surface area contributed by atoms with E-state index in [1.54, 1.807) is 6.33 Å². The Labute approximate surface area is 91.1 Å². The van der Waals surface area contributed by atoms with Crippen molar-refractivity contribution >= 4 is 0 Å². The highest BCUT2D eigenvalue weighted by atomic mass is 15.3. The lowest BCUT2D eigenvalue weighted by Gasteiger charge is -2.11. The summed E-state index contributed by atoms with van der Waals surface area (Å²) in [6.45, 7) is 6.18. The molecule has 1 N–H and O–H groups in total. The number of rotatable bonds is 4. The summed E-state index contributed by atoms with van der Waals surface area (Å²) in [7, 11) is 0. The zero-order chi connectivity index (χ0) is 10.7. The summed E-state index contributed by atoms with van der Waals surface area (Å²) in [4.78, 5) is 4.26. The zero-order valence-corrected chi connectivity index (χ0v) is 9.61. The molecule has 0 radical (unpaired) electrons. The minimum absolute atomic E-state index is 0.682.